The van der Waals surface area contributed by atoms with Gasteiger partial charge in [-0.1, -0.05) is 35.9 Å². The van der Waals surface area contributed by atoms with Gasteiger partial charge in [-0.25, -0.2) is 0 Å². The van der Waals surface area contributed by atoms with Crippen LogP contribution in [0.4, 0.5) is 0 Å². The summed E-state index contributed by atoms with van der Waals surface area (Å²) >= 11 is 6.12. The van der Waals surface area contributed by atoms with Crippen LogP contribution in [0, 0.1) is 5.92 Å². The molecule has 1 saturated heterocycles. The third-order valence-corrected chi connectivity index (χ3v) is 6.77. The molecule has 4 amide bonds. The van der Waals surface area contributed by atoms with Crippen molar-refractivity contribution in [2.24, 2.45) is 13.0 Å². The van der Waals surface area contributed by atoms with Gasteiger partial charge in [-0.15, -0.1) is 0 Å². The fourth-order valence-corrected chi connectivity index (χ4v) is 5.01. The predicted octanol–water partition coefficient (Wildman–Crippen LogP) is 2.70. The number of aryl methyl sites for hydroxylation is 1. The Bertz CT molecular complexity index is 1330. The summed E-state index contributed by atoms with van der Waals surface area (Å²) < 4.78 is 1.84. The first kappa shape index (κ1) is 22.2. The number of amides is 4. The molecule has 2 aliphatic heterocycles. The zero-order chi connectivity index (χ0) is 24.0. The molecule has 1 fully saturated rings. The molecule has 1 aromatic heterocycles. The Morgan fingerprint density at radius 1 is 1.06 bits per heavy atom. The Morgan fingerprint density at radius 2 is 1.79 bits per heavy atom. The molecule has 3 heterocycles. The van der Waals surface area contributed by atoms with Crippen molar-refractivity contribution in [1.29, 1.82) is 0 Å². The van der Waals surface area contributed by atoms with Gasteiger partial charge in [-0.3, -0.25) is 24.5 Å². The Balaban J connectivity index is 1.42. The molecule has 2 N–H and O–H groups in total. The minimum atomic E-state index is -0.720. The Kier molecular flexibility index (Phi) is 5.61. The molecule has 8 nitrogen and oxygen atoms in total. The van der Waals surface area contributed by atoms with E-state index in [1.807, 2.05) is 54.1 Å². The second-order valence-corrected chi connectivity index (χ2v) is 9.25. The summed E-state index contributed by atoms with van der Waals surface area (Å²) in [6, 6.07) is 14.5. The van der Waals surface area contributed by atoms with Gasteiger partial charge in [0, 0.05) is 48.9 Å². The maximum atomic E-state index is 13.6. The van der Waals surface area contributed by atoms with Gasteiger partial charge in [0.1, 0.15) is 5.69 Å². The smallest absolute Gasteiger partial charge is 0.270 e. The van der Waals surface area contributed by atoms with Gasteiger partial charge in [0.25, 0.3) is 5.91 Å². The van der Waals surface area contributed by atoms with Crippen molar-refractivity contribution in [1.82, 2.24) is 20.1 Å². The van der Waals surface area contributed by atoms with Crippen molar-refractivity contribution in [3.63, 3.8) is 0 Å². The highest BCUT2D eigenvalue weighted by Crippen LogP contribution is 2.30. The van der Waals surface area contributed by atoms with Gasteiger partial charge in [0.05, 0.1) is 12.0 Å². The first-order valence-electron chi connectivity index (χ1n) is 11.1. The number of rotatable bonds is 3. The maximum Gasteiger partial charge on any atom is 0.270 e. The highest BCUT2D eigenvalue weighted by atomic mass is 35.5. The number of aromatic nitrogens is 1. The number of imide groups is 1. The third kappa shape index (κ3) is 4.05. The second kappa shape index (κ2) is 8.61. The first-order valence-corrected chi connectivity index (χ1v) is 11.4. The van der Waals surface area contributed by atoms with Crippen molar-refractivity contribution < 1.29 is 19.2 Å². The van der Waals surface area contributed by atoms with Crippen LogP contribution >= 0.6 is 11.6 Å². The van der Waals surface area contributed by atoms with Crippen molar-refractivity contribution in [3.05, 3.63) is 70.4 Å². The first-order chi connectivity index (χ1) is 16.3. The van der Waals surface area contributed by atoms with Gasteiger partial charge in [0.15, 0.2) is 0 Å². The van der Waals surface area contributed by atoms with Crippen LogP contribution in [0.2, 0.25) is 5.02 Å². The molecule has 0 radical (unpaired) electrons. The average Bonchev–Trinajstić information content (AvgIpc) is 3.13. The van der Waals surface area contributed by atoms with Crippen LogP contribution in [0.1, 0.15) is 40.5 Å². The minimum Gasteiger partial charge on any atom is -0.347 e. The molecular formula is C25H23ClN4O4. The van der Waals surface area contributed by atoms with E-state index in [0.717, 1.165) is 22.0 Å². The zero-order valence-corrected chi connectivity index (χ0v) is 19.3. The van der Waals surface area contributed by atoms with Crippen LogP contribution in [0.5, 0.6) is 0 Å². The molecule has 0 bridgehead atoms. The monoisotopic (exact) mass is 478 g/mol. The summed E-state index contributed by atoms with van der Waals surface area (Å²) in [5.74, 6) is -2.14. The molecule has 1 unspecified atom stereocenters. The molecule has 0 spiro atoms. The van der Waals surface area contributed by atoms with E-state index < -0.39 is 23.8 Å². The lowest BCUT2D eigenvalue weighted by atomic mass is 9.92. The van der Waals surface area contributed by atoms with E-state index in [4.69, 9.17) is 11.6 Å². The fourth-order valence-electron chi connectivity index (χ4n) is 4.82. The number of carbonyl (C=O) groups is 4. The number of nitrogens with zero attached hydrogens (tertiary/aromatic N) is 2. The van der Waals surface area contributed by atoms with Crippen LogP contribution < -0.4 is 10.6 Å². The molecular weight excluding hydrogens is 456 g/mol. The van der Waals surface area contributed by atoms with Gasteiger partial charge in [0.2, 0.25) is 17.7 Å². The summed E-state index contributed by atoms with van der Waals surface area (Å²) in [5.41, 5.74) is 3.29. The summed E-state index contributed by atoms with van der Waals surface area (Å²) in [7, 11) is 1.84. The molecule has 3 aromatic rings. The van der Waals surface area contributed by atoms with Crippen LogP contribution in [0.3, 0.4) is 0 Å². The highest BCUT2D eigenvalue weighted by Gasteiger charge is 2.35. The summed E-state index contributed by atoms with van der Waals surface area (Å²) in [5, 5.41) is 6.68. The predicted molar refractivity (Wildman–Crippen MR) is 126 cm³/mol. The molecule has 5 rings (SSSR count). The van der Waals surface area contributed by atoms with Crippen LogP contribution in [-0.2, 0) is 28.0 Å². The number of piperidine rings is 1. The zero-order valence-electron chi connectivity index (χ0n) is 18.5. The molecule has 2 aromatic carbocycles. The molecule has 2 aliphatic rings. The van der Waals surface area contributed by atoms with E-state index in [1.165, 1.54) is 0 Å². The maximum absolute atomic E-state index is 13.6. The van der Waals surface area contributed by atoms with Crippen molar-refractivity contribution in [3.8, 4) is 0 Å². The largest absolute Gasteiger partial charge is 0.347 e. The highest BCUT2D eigenvalue weighted by molar-refractivity contribution is 6.31. The molecule has 1 atom stereocenters. The van der Waals surface area contributed by atoms with Gasteiger partial charge in [-0.05, 0) is 35.4 Å². The van der Waals surface area contributed by atoms with E-state index >= 15 is 0 Å². The van der Waals surface area contributed by atoms with Crippen LogP contribution in [0.25, 0.3) is 10.9 Å². The van der Waals surface area contributed by atoms with E-state index in [9.17, 15) is 19.2 Å². The van der Waals surface area contributed by atoms with E-state index in [2.05, 4.69) is 10.6 Å². The van der Waals surface area contributed by atoms with Gasteiger partial charge < -0.3 is 14.8 Å². The van der Waals surface area contributed by atoms with Crippen molar-refractivity contribution >= 4 is 46.1 Å². The van der Waals surface area contributed by atoms with Crippen molar-refractivity contribution in [2.75, 3.05) is 6.54 Å². The lowest BCUT2D eigenvalue weighted by Gasteiger charge is -2.36. The molecule has 9 heteroatoms. The number of benzene rings is 2. The lowest BCUT2D eigenvalue weighted by Crippen LogP contribution is -2.48. The molecule has 0 aliphatic carbocycles. The Morgan fingerprint density at radius 3 is 2.56 bits per heavy atom. The number of fused-ring (bicyclic) bond motifs is 2. The fraction of sp³-hybridized carbons (Fsp3) is 0.280. The lowest BCUT2D eigenvalue weighted by molar-refractivity contribution is -0.140. The molecule has 0 saturated carbocycles. The normalized spacial score (nSPS) is 18.5. The van der Waals surface area contributed by atoms with Gasteiger partial charge >= 0.3 is 0 Å². The topological polar surface area (TPSA) is 101 Å². The minimum absolute atomic E-state index is 0.0346. The third-order valence-electron chi connectivity index (χ3n) is 6.54. The number of nitrogens with one attached hydrogen (secondary N) is 2. The van der Waals surface area contributed by atoms with Crippen molar-refractivity contribution in [2.45, 2.75) is 25.4 Å². The van der Waals surface area contributed by atoms with E-state index in [-0.39, 0.29) is 31.2 Å². The van der Waals surface area contributed by atoms with Gasteiger partial charge in [-0.2, -0.15) is 0 Å². The number of halogens is 1. The SMILES string of the molecule is Cn1c(C(=O)N2Cc3ccccc3C(NC(=O)C3CC(=O)NC(=O)C3)C2)cc2cc(Cl)ccc21. The quantitative estimate of drug-likeness (QED) is 0.565. The summed E-state index contributed by atoms with van der Waals surface area (Å²) in [6.45, 7) is 0.685. The molecule has 174 valence electrons. The standard InChI is InChI=1S/C25H23ClN4O4/c1-29-20-7-6-17(26)8-15(20)9-21(29)25(34)30-12-14-4-2-3-5-18(14)19(13-30)27-24(33)16-10-22(31)28-23(32)11-16/h2-9,16,19H,10-13H2,1H3,(H,27,33)(H,28,31,32). The van der Waals surface area contributed by atoms with E-state index in [1.54, 1.807) is 11.0 Å². The summed E-state index contributed by atoms with van der Waals surface area (Å²) in [4.78, 5) is 51.7. The number of hydrogen-bond acceptors (Lipinski definition) is 4. The van der Waals surface area contributed by atoms with Crippen LogP contribution in [-0.4, -0.2) is 39.6 Å². The van der Waals surface area contributed by atoms with Crippen LogP contribution in [0.15, 0.2) is 48.5 Å². The Hall–Kier alpha value is -3.65. The Labute approximate surface area is 200 Å². The summed E-state index contributed by atoms with van der Waals surface area (Å²) in [6.07, 6.45) is -0.0693. The average molecular weight is 479 g/mol. The van der Waals surface area contributed by atoms with E-state index in [0.29, 0.717) is 17.3 Å². The molecule has 34 heavy (non-hydrogen) atoms. The number of carbonyl (C=O) groups excluding carboxylic acids is 4. The second-order valence-electron chi connectivity index (χ2n) is 8.81. The number of hydrogen-bond donors (Lipinski definition) is 2.